The number of carbonyl (C=O) groups excluding carboxylic acids is 2. The summed E-state index contributed by atoms with van der Waals surface area (Å²) in [6.45, 7) is 2.94. The van der Waals surface area contributed by atoms with E-state index in [1.807, 2.05) is 36.1 Å². The van der Waals surface area contributed by atoms with Crippen molar-refractivity contribution in [1.82, 2.24) is 20.2 Å². The number of likely N-dealkylation sites (tertiary alicyclic amines) is 1. The van der Waals surface area contributed by atoms with E-state index >= 15 is 0 Å². The SMILES string of the molecule is COc1ccccc1CNC(=O)c1cnc(C2CCCN2C(=O)CC2CCCC2)nc1C. The summed E-state index contributed by atoms with van der Waals surface area (Å²) in [7, 11) is 1.61. The van der Waals surface area contributed by atoms with Gasteiger partial charge in [-0.3, -0.25) is 9.59 Å². The number of aryl methyl sites for hydroxylation is 1. The lowest BCUT2D eigenvalue weighted by Gasteiger charge is -2.25. The first-order chi connectivity index (χ1) is 15.6. The highest BCUT2D eigenvalue weighted by Gasteiger charge is 2.33. The number of methoxy groups -OCH3 is 1. The first kappa shape index (κ1) is 22.2. The number of amides is 2. The maximum absolute atomic E-state index is 12.9. The number of hydrogen-bond donors (Lipinski definition) is 1. The molecule has 1 atom stereocenters. The van der Waals surface area contributed by atoms with E-state index in [9.17, 15) is 9.59 Å². The van der Waals surface area contributed by atoms with Gasteiger partial charge in [-0.2, -0.15) is 0 Å². The van der Waals surface area contributed by atoms with Crippen LogP contribution in [0.5, 0.6) is 5.75 Å². The highest BCUT2D eigenvalue weighted by atomic mass is 16.5. The average molecular weight is 437 g/mol. The summed E-state index contributed by atoms with van der Waals surface area (Å²) in [5.74, 6) is 1.90. The minimum atomic E-state index is -0.222. The van der Waals surface area contributed by atoms with Crippen molar-refractivity contribution in [1.29, 1.82) is 0 Å². The van der Waals surface area contributed by atoms with Gasteiger partial charge in [0.15, 0.2) is 5.82 Å². The second-order valence-electron chi connectivity index (χ2n) is 8.82. The predicted molar refractivity (Wildman–Crippen MR) is 121 cm³/mol. The topological polar surface area (TPSA) is 84.4 Å². The summed E-state index contributed by atoms with van der Waals surface area (Å²) in [5, 5.41) is 2.92. The van der Waals surface area contributed by atoms with Crippen molar-refractivity contribution < 1.29 is 14.3 Å². The van der Waals surface area contributed by atoms with Gasteiger partial charge in [-0.15, -0.1) is 0 Å². The van der Waals surface area contributed by atoms with Crippen molar-refractivity contribution >= 4 is 11.8 Å². The van der Waals surface area contributed by atoms with Crippen molar-refractivity contribution in [3.63, 3.8) is 0 Å². The summed E-state index contributed by atoms with van der Waals surface area (Å²) in [5.41, 5.74) is 1.98. The first-order valence-electron chi connectivity index (χ1n) is 11.6. The number of rotatable bonds is 7. The van der Waals surface area contributed by atoms with Crippen LogP contribution in [0.25, 0.3) is 0 Å². The Morgan fingerprint density at radius 3 is 2.69 bits per heavy atom. The number of ether oxygens (including phenoxy) is 1. The molecule has 7 heteroatoms. The fourth-order valence-corrected chi connectivity index (χ4v) is 4.90. The van der Waals surface area contributed by atoms with Gasteiger partial charge in [0, 0.05) is 31.3 Å². The molecule has 1 aliphatic heterocycles. The highest BCUT2D eigenvalue weighted by Crippen LogP contribution is 2.34. The second-order valence-corrected chi connectivity index (χ2v) is 8.82. The number of benzene rings is 1. The summed E-state index contributed by atoms with van der Waals surface area (Å²) in [6, 6.07) is 7.50. The molecule has 1 unspecified atom stereocenters. The number of nitrogens with zero attached hydrogens (tertiary/aromatic N) is 3. The van der Waals surface area contributed by atoms with Gasteiger partial charge in [0.2, 0.25) is 5.91 Å². The van der Waals surface area contributed by atoms with E-state index < -0.39 is 0 Å². The van der Waals surface area contributed by atoms with Crippen molar-refractivity contribution in [2.24, 2.45) is 5.92 Å². The third-order valence-corrected chi connectivity index (χ3v) is 6.68. The highest BCUT2D eigenvalue weighted by molar-refractivity contribution is 5.94. The van der Waals surface area contributed by atoms with E-state index in [1.165, 1.54) is 25.7 Å². The van der Waals surface area contributed by atoms with Crippen LogP contribution in [0.3, 0.4) is 0 Å². The van der Waals surface area contributed by atoms with Crippen LogP contribution >= 0.6 is 0 Å². The second kappa shape index (κ2) is 10.1. The molecule has 1 saturated heterocycles. The molecule has 2 fully saturated rings. The largest absolute Gasteiger partial charge is 0.496 e. The smallest absolute Gasteiger partial charge is 0.254 e. The maximum atomic E-state index is 12.9. The molecule has 170 valence electrons. The molecule has 7 nitrogen and oxygen atoms in total. The van der Waals surface area contributed by atoms with Crippen LogP contribution in [-0.4, -0.2) is 40.3 Å². The van der Waals surface area contributed by atoms with Gasteiger partial charge >= 0.3 is 0 Å². The molecular formula is C25H32N4O3. The molecule has 0 spiro atoms. The van der Waals surface area contributed by atoms with Crippen LogP contribution in [0.4, 0.5) is 0 Å². The number of carbonyl (C=O) groups is 2. The zero-order valence-corrected chi connectivity index (χ0v) is 19.0. The molecule has 32 heavy (non-hydrogen) atoms. The molecule has 1 aromatic heterocycles. The number of para-hydroxylation sites is 1. The molecule has 4 rings (SSSR count). The molecule has 2 amide bonds. The molecule has 1 aromatic carbocycles. The Labute approximate surface area is 189 Å². The molecule has 1 saturated carbocycles. The Kier molecular flexibility index (Phi) is 7.02. The van der Waals surface area contributed by atoms with E-state index in [1.54, 1.807) is 13.3 Å². The lowest BCUT2D eigenvalue weighted by atomic mass is 10.0. The summed E-state index contributed by atoms with van der Waals surface area (Å²) in [6.07, 6.45) is 8.87. The van der Waals surface area contributed by atoms with E-state index in [0.29, 0.717) is 36.0 Å². The molecule has 2 aliphatic rings. The Hall–Kier alpha value is -2.96. The van der Waals surface area contributed by atoms with E-state index in [-0.39, 0.29) is 17.9 Å². The first-order valence-corrected chi connectivity index (χ1v) is 11.6. The summed E-state index contributed by atoms with van der Waals surface area (Å²) in [4.78, 5) is 36.8. The Balaban J connectivity index is 1.41. The van der Waals surface area contributed by atoms with Gasteiger partial charge < -0.3 is 15.0 Å². The number of nitrogens with one attached hydrogen (secondary N) is 1. The maximum Gasteiger partial charge on any atom is 0.254 e. The molecule has 0 bridgehead atoms. The molecule has 2 heterocycles. The molecule has 0 radical (unpaired) electrons. The quantitative estimate of drug-likeness (QED) is 0.710. The van der Waals surface area contributed by atoms with Crippen LogP contribution < -0.4 is 10.1 Å². The van der Waals surface area contributed by atoms with Gasteiger partial charge in [-0.25, -0.2) is 9.97 Å². The van der Waals surface area contributed by atoms with E-state index in [4.69, 9.17) is 4.74 Å². The fraction of sp³-hybridized carbons (Fsp3) is 0.520. The third-order valence-electron chi connectivity index (χ3n) is 6.68. The Morgan fingerprint density at radius 1 is 1.16 bits per heavy atom. The normalized spacial score (nSPS) is 18.7. The monoisotopic (exact) mass is 436 g/mol. The zero-order valence-electron chi connectivity index (χ0n) is 19.0. The van der Waals surface area contributed by atoms with E-state index in [2.05, 4.69) is 15.3 Å². The van der Waals surface area contributed by atoms with Gasteiger partial charge in [0.05, 0.1) is 24.4 Å². The molecule has 1 aliphatic carbocycles. The van der Waals surface area contributed by atoms with Gasteiger partial charge in [0.1, 0.15) is 5.75 Å². The Bertz CT molecular complexity index is 971. The number of aromatic nitrogens is 2. The van der Waals surface area contributed by atoms with Crippen LogP contribution in [0, 0.1) is 12.8 Å². The fourth-order valence-electron chi connectivity index (χ4n) is 4.90. The third kappa shape index (κ3) is 4.92. The van der Waals surface area contributed by atoms with Gasteiger partial charge in [-0.05, 0) is 44.6 Å². The average Bonchev–Trinajstić information content (AvgIpc) is 3.49. The standard InChI is InChI=1S/C25H32N4O3/c1-17-20(25(31)27-15-19-10-5-6-12-22(19)32-2)16-26-24(28-17)21-11-7-13-29(21)23(30)14-18-8-3-4-9-18/h5-6,10,12,16,18,21H,3-4,7-9,11,13-15H2,1-2H3,(H,27,31). The van der Waals surface area contributed by atoms with Crippen LogP contribution in [0.2, 0.25) is 0 Å². The molecule has 2 aromatic rings. The lowest BCUT2D eigenvalue weighted by Crippen LogP contribution is -2.33. The predicted octanol–water partition coefficient (Wildman–Crippen LogP) is 3.97. The molecule has 1 N–H and O–H groups in total. The lowest BCUT2D eigenvalue weighted by molar-refractivity contribution is -0.133. The minimum Gasteiger partial charge on any atom is -0.496 e. The summed E-state index contributed by atoms with van der Waals surface area (Å²) >= 11 is 0. The van der Waals surface area contributed by atoms with Crippen LogP contribution in [0.15, 0.2) is 30.5 Å². The van der Waals surface area contributed by atoms with Gasteiger partial charge in [0.25, 0.3) is 5.91 Å². The summed E-state index contributed by atoms with van der Waals surface area (Å²) < 4.78 is 5.34. The van der Waals surface area contributed by atoms with Gasteiger partial charge in [-0.1, -0.05) is 31.0 Å². The van der Waals surface area contributed by atoms with Crippen molar-refractivity contribution in [3.05, 3.63) is 53.1 Å². The van der Waals surface area contributed by atoms with Crippen molar-refractivity contribution in [2.45, 2.75) is 64.5 Å². The minimum absolute atomic E-state index is 0.0895. The number of hydrogen-bond acceptors (Lipinski definition) is 5. The Morgan fingerprint density at radius 2 is 1.94 bits per heavy atom. The van der Waals surface area contributed by atoms with Crippen LogP contribution in [-0.2, 0) is 11.3 Å². The van der Waals surface area contributed by atoms with Crippen LogP contribution in [0.1, 0.15) is 78.4 Å². The zero-order chi connectivity index (χ0) is 22.5. The van der Waals surface area contributed by atoms with Crippen molar-refractivity contribution in [3.8, 4) is 5.75 Å². The van der Waals surface area contributed by atoms with Crippen molar-refractivity contribution in [2.75, 3.05) is 13.7 Å². The molecular weight excluding hydrogens is 404 g/mol. The van der Waals surface area contributed by atoms with E-state index in [0.717, 1.165) is 30.7 Å².